The number of hydrogen-bond donors (Lipinski definition) is 3. The minimum absolute atomic E-state index is 0.0854. The number of allylic oxidation sites excluding steroid dienone is 5. The zero-order chi connectivity index (χ0) is 30.1. The fraction of sp³-hybridized carbons (Fsp3) is 0.811. The van der Waals surface area contributed by atoms with Crippen LogP contribution in [0.3, 0.4) is 0 Å². The van der Waals surface area contributed by atoms with Crippen LogP contribution in [0.2, 0.25) is 0 Å². The summed E-state index contributed by atoms with van der Waals surface area (Å²) in [5.74, 6) is -0.0854. The van der Waals surface area contributed by atoms with Gasteiger partial charge in [0.2, 0.25) is 5.91 Å². The molecule has 0 saturated heterocycles. The Labute approximate surface area is 255 Å². The molecule has 0 aliphatic carbocycles. The van der Waals surface area contributed by atoms with Crippen molar-refractivity contribution >= 4 is 5.91 Å². The summed E-state index contributed by atoms with van der Waals surface area (Å²) in [6.45, 7) is 4.26. The molecule has 0 aromatic rings. The summed E-state index contributed by atoms with van der Waals surface area (Å²) < 4.78 is 0. The van der Waals surface area contributed by atoms with E-state index in [1.165, 1.54) is 109 Å². The summed E-state index contributed by atoms with van der Waals surface area (Å²) in [6, 6.07) is -0.639. The van der Waals surface area contributed by atoms with E-state index in [-0.39, 0.29) is 12.5 Å². The lowest BCUT2D eigenvalue weighted by Gasteiger charge is -2.19. The first-order valence-corrected chi connectivity index (χ1v) is 17.7. The summed E-state index contributed by atoms with van der Waals surface area (Å²) in [6.07, 6.45) is 42.2. The monoisotopic (exact) mass is 576 g/mol. The van der Waals surface area contributed by atoms with Gasteiger partial charge in [0.05, 0.1) is 18.8 Å². The fourth-order valence-electron chi connectivity index (χ4n) is 5.07. The van der Waals surface area contributed by atoms with Crippen LogP contribution < -0.4 is 5.32 Å². The Bertz CT molecular complexity index is 628. The van der Waals surface area contributed by atoms with E-state index in [4.69, 9.17) is 0 Å². The molecule has 2 atom stereocenters. The summed E-state index contributed by atoms with van der Waals surface area (Å²) in [4.78, 5) is 12.3. The molecule has 1 amide bonds. The number of aliphatic hydroxyl groups is 2. The van der Waals surface area contributed by atoms with Crippen LogP contribution in [0.15, 0.2) is 36.5 Å². The van der Waals surface area contributed by atoms with Crippen molar-refractivity contribution in [2.75, 3.05) is 6.61 Å². The highest BCUT2D eigenvalue weighted by Crippen LogP contribution is 2.12. The molecule has 0 aromatic heterocycles. The van der Waals surface area contributed by atoms with Crippen LogP contribution in [-0.4, -0.2) is 34.9 Å². The van der Waals surface area contributed by atoms with Crippen LogP contribution in [0.4, 0.5) is 0 Å². The highest BCUT2D eigenvalue weighted by Gasteiger charge is 2.17. The Morgan fingerprint density at radius 2 is 0.951 bits per heavy atom. The summed E-state index contributed by atoms with van der Waals surface area (Å²) in [5.41, 5.74) is 0. The number of amides is 1. The van der Waals surface area contributed by atoms with Gasteiger partial charge in [0.25, 0.3) is 0 Å². The smallest absolute Gasteiger partial charge is 0.220 e. The quantitative estimate of drug-likeness (QED) is 0.0569. The Balaban J connectivity index is 3.71. The molecule has 4 heteroatoms. The Morgan fingerprint density at radius 3 is 1.41 bits per heavy atom. The normalized spacial score (nSPS) is 13.6. The van der Waals surface area contributed by atoms with Crippen molar-refractivity contribution in [1.82, 2.24) is 5.32 Å². The molecule has 41 heavy (non-hydrogen) atoms. The standard InChI is InChI=1S/C37H69NO3/c1-3-5-7-9-11-13-15-17-19-20-22-24-26-28-30-32-36(40)35(34-39)38-37(41)33-31-29-27-25-23-21-18-16-14-12-10-8-6-4-2/h16,18,22,24,30,32,35-36,39-40H,3-15,17,19-21,23,25-29,31,33-34H2,1-2H3,(H,38,41)/b18-16+,24-22+,32-30+/t35-,36+/m0/s1. The average Bonchev–Trinajstić information content (AvgIpc) is 2.97. The third-order valence-corrected chi connectivity index (χ3v) is 7.85. The number of carbonyl (C=O) groups excluding carboxylic acids is 1. The Kier molecular flexibility index (Phi) is 32.0. The van der Waals surface area contributed by atoms with Gasteiger partial charge in [-0.3, -0.25) is 4.79 Å². The first kappa shape index (κ1) is 39.6. The average molecular weight is 576 g/mol. The van der Waals surface area contributed by atoms with Crippen molar-refractivity contribution in [3.8, 4) is 0 Å². The van der Waals surface area contributed by atoms with Crippen LogP contribution in [0.25, 0.3) is 0 Å². The van der Waals surface area contributed by atoms with Crippen LogP contribution in [0.5, 0.6) is 0 Å². The largest absolute Gasteiger partial charge is 0.394 e. The van der Waals surface area contributed by atoms with Gasteiger partial charge < -0.3 is 15.5 Å². The van der Waals surface area contributed by atoms with Crippen molar-refractivity contribution in [2.45, 2.75) is 187 Å². The number of unbranched alkanes of at least 4 members (excludes halogenated alkanes) is 20. The van der Waals surface area contributed by atoms with E-state index in [2.05, 4.69) is 43.5 Å². The van der Waals surface area contributed by atoms with Gasteiger partial charge in [0.1, 0.15) is 0 Å². The van der Waals surface area contributed by atoms with Gasteiger partial charge in [-0.2, -0.15) is 0 Å². The van der Waals surface area contributed by atoms with Gasteiger partial charge in [-0.05, 0) is 57.8 Å². The second-order valence-corrected chi connectivity index (χ2v) is 11.9. The summed E-state index contributed by atoms with van der Waals surface area (Å²) >= 11 is 0. The lowest BCUT2D eigenvalue weighted by atomic mass is 10.1. The van der Waals surface area contributed by atoms with E-state index in [0.717, 1.165) is 44.9 Å². The van der Waals surface area contributed by atoms with Crippen molar-refractivity contribution in [3.63, 3.8) is 0 Å². The highest BCUT2D eigenvalue weighted by atomic mass is 16.3. The van der Waals surface area contributed by atoms with Gasteiger partial charge in [-0.1, -0.05) is 147 Å². The first-order valence-electron chi connectivity index (χ1n) is 17.7. The molecule has 0 aliphatic heterocycles. The number of hydrogen-bond acceptors (Lipinski definition) is 3. The van der Waals surface area contributed by atoms with Gasteiger partial charge in [0.15, 0.2) is 0 Å². The molecule has 0 bridgehead atoms. The van der Waals surface area contributed by atoms with Crippen LogP contribution >= 0.6 is 0 Å². The lowest BCUT2D eigenvalue weighted by Crippen LogP contribution is -2.45. The maximum Gasteiger partial charge on any atom is 0.220 e. The molecule has 0 unspecified atom stereocenters. The predicted molar refractivity (Wildman–Crippen MR) is 179 cm³/mol. The minimum atomic E-state index is -0.862. The first-order chi connectivity index (χ1) is 20.2. The lowest BCUT2D eigenvalue weighted by molar-refractivity contribution is -0.123. The second-order valence-electron chi connectivity index (χ2n) is 11.9. The molecule has 0 saturated carbocycles. The predicted octanol–water partition coefficient (Wildman–Crippen LogP) is 10.3. The van der Waals surface area contributed by atoms with Crippen molar-refractivity contribution < 1.29 is 15.0 Å². The summed E-state index contributed by atoms with van der Waals surface area (Å²) in [7, 11) is 0. The van der Waals surface area contributed by atoms with Gasteiger partial charge in [0, 0.05) is 6.42 Å². The van der Waals surface area contributed by atoms with E-state index in [1.807, 2.05) is 6.08 Å². The molecule has 0 aliphatic rings. The topological polar surface area (TPSA) is 69.6 Å². The molecule has 0 radical (unpaired) electrons. The number of nitrogens with one attached hydrogen (secondary N) is 1. The highest BCUT2D eigenvalue weighted by molar-refractivity contribution is 5.76. The third-order valence-electron chi connectivity index (χ3n) is 7.85. The molecule has 3 N–H and O–H groups in total. The van der Waals surface area contributed by atoms with Gasteiger partial charge >= 0.3 is 0 Å². The van der Waals surface area contributed by atoms with Gasteiger partial charge in [-0.15, -0.1) is 0 Å². The minimum Gasteiger partial charge on any atom is -0.394 e. The molecule has 0 rings (SSSR count). The number of aliphatic hydroxyl groups excluding tert-OH is 2. The van der Waals surface area contributed by atoms with E-state index in [0.29, 0.717) is 6.42 Å². The number of carbonyl (C=O) groups is 1. The SMILES string of the molecule is CCCCCCC/C=C/CCCCCCCC(=O)N[C@@H](CO)[C@H](O)/C=C/CC/C=C/CCCCCCCCCCC. The van der Waals surface area contributed by atoms with Crippen LogP contribution in [0, 0.1) is 0 Å². The molecule has 0 fully saturated rings. The maximum absolute atomic E-state index is 12.3. The van der Waals surface area contributed by atoms with Crippen LogP contribution in [0.1, 0.15) is 174 Å². The fourth-order valence-corrected chi connectivity index (χ4v) is 5.07. The molecule has 240 valence electrons. The Hall–Kier alpha value is -1.39. The Morgan fingerprint density at radius 1 is 0.561 bits per heavy atom. The third kappa shape index (κ3) is 29.9. The molecular formula is C37H69NO3. The second kappa shape index (κ2) is 33.1. The van der Waals surface area contributed by atoms with Crippen molar-refractivity contribution in [3.05, 3.63) is 36.5 Å². The maximum atomic E-state index is 12.3. The zero-order valence-electron chi connectivity index (χ0n) is 27.3. The molecule has 0 aromatic carbocycles. The molecular weight excluding hydrogens is 506 g/mol. The van der Waals surface area contributed by atoms with E-state index < -0.39 is 12.1 Å². The van der Waals surface area contributed by atoms with Crippen molar-refractivity contribution in [2.24, 2.45) is 0 Å². The van der Waals surface area contributed by atoms with E-state index in [1.54, 1.807) is 6.08 Å². The molecule has 0 spiro atoms. The van der Waals surface area contributed by atoms with Crippen molar-refractivity contribution in [1.29, 1.82) is 0 Å². The zero-order valence-corrected chi connectivity index (χ0v) is 27.3. The molecule has 4 nitrogen and oxygen atoms in total. The number of rotatable bonds is 31. The van der Waals surface area contributed by atoms with E-state index >= 15 is 0 Å². The molecule has 0 heterocycles. The van der Waals surface area contributed by atoms with Crippen LogP contribution in [-0.2, 0) is 4.79 Å². The summed E-state index contributed by atoms with van der Waals surface area (Å²) in [5, 5.41) is 22.8. The van der Waals surface area contributed by atoms with E-state index in [9.17, 15) is 15.0 Å². The van der Waals surface area contributed by atoms with Gasteiger partial charge in [-0.25, -0.2) is 0 Å².